The maximum atomic E-state index is 6.15. The molecule has 0 bridgehead atoms. The smallest absolute Gasteiger partial charge is 0.205 e. The van der Waals surface area contributed by atoms with E-state index in [1.165, 1.54) is 0 Å². The quantitative estimate of drug-likeness (QED) is 0.675. The molecule has 0 aliphatic rings. The fourth-order valence-electron chi connectivity index (χ4n) is 2.09. The summed E-state index contributed by atoms with van der Waals surface area (Å²) in [5.74, 6) is 1.55. The standard InChI is InChI=1S/C17H19NO3/c1-19-14-11-13(10-9-12-7-5-4-6-8-12)15(18)17(21-3)16(14)20-2/h4-11H,18H2,1-3H3. The van der Waals surface area contributed by atoms with Crippen molar-refractivity contribution in [3.05, 3.63) is 47.5 Å². The number of nitrogen functional groups attached to an aromatic ring is 1. The van der Waals surface area contributed by atoms with E-state index < -0.39 is 0 Å². The van der Waals surface area contributed by atoms with Crippen LogP contribution >= 0.6 is 0 Å². The molecule has 2 aromatic carbocycles. The molecule has 0 radical (unpaired) electrons. The van der Waals surface area contributed by atoms with E-state index in [2.05, 4.69) is 0 Å². The average Bonchev–Trinajstić information content (AvgIpc) is 2.54. The van der Waals surface area contributed by atoms with Crippen molar-refractivity contribution in [1.82, 2.24) is 0 Å². The number of benzene rings is 2. The molecule has 0 heterocycles. The predicted octanol–water partition coefficient (Wildman–Crippen LogP) is 3.47. The number of hydrogen-bond donors (Lipinski definition) is 1. The van der Waals surface area contributed by atoms with E-state index in [1.54, 1.807) is 21.3 Å². The average molecular weight is 285 g/mol. The Morgan fingerprint density at radius 1 is 0.857 bits per heavy atom. The fraction of sp³-hybridized carbons (Fsp3) is 0.176. The van der Waals surface area contributed by atoms with Crippen molar-refractivity contribution in [2.75, 3.05) is 27.1 Å². The van der Waals surface area contributed by atoms with Crippen molar-refractivity contribution in [2.24, 2.45) is 0 Å². The fourth-order valence-corrected chi connectivity index (χ4v) is 2.09. The van der Waals surface area contributed by atoms with E-state index in [4.69, 9.17) is 19.9 Å². The Morgan fingerprint density at radius 2 is 1.52 bits per heavy atom. The lowest BCUT2D eigenvalue weighted by Crippen LogP contribution is -2.01. The second-order valence-corrected chi connectivity index (χ2v) is 4.39. The van der Waals surface area contributed by atoms with Crippen LogP contribution in [0.3, 0.4) is 0 Å². The number of ether oxygens (including phenoxy) is 3. The summed E-state index contributed by atoms with van der Waals surface area (Å²) in [6, 6.07) is 11.8. The molecule has 4 nitrogen and oxygen atoms in total. The SMILES string of the molecule is COc1cc(C=Cc2ccccc2)c(N)c(OC)c1OC. The zero-order chi connectivity index (χ0) is 15.2. The number of rotatable bonds is 5. The second-order valence-electron chi connectivity index (χ2n) is 4.39. The molecule has 0 fully saturated rings. The van der Waals surface area contributed by atoms with Gasteiger partial charge in [0.1, 0.15) is 0 Å². The Hall–Kier alpha value is -2.62. The van der Waals surface area contributed by atoms with Crippen LogP contribution in [0.5, 0.6) is 17.2 Å². The van der Waals surface area contributed by atoms with Crippen LogP contribution in [0.2, 0.25) is 0 Å². The largest absolute Gasteiger partial charge is 0.493 e. The normalized spacial score (nSPS) is 10.6. The predicted molar refractivity (Wildman–Crippen MR) is 85.9 cm³/mol. The Kier molecular flexibility index (Phi) is 4.72. The molecule has 21 heavy (non-hydrogen) atoms. The maximum absolute atomic E-state index is 6.15. The van der Waals surface area contributed by atoms with Gasteiger partial charge in [-0.25, -0.2) is 0 Å². The third-order valence-corrected chi connectivity index (χ3v) is 3.16. The minimum absolute atomic E-state index is 0.476. The van der Waals surface area contributed by atoms with Gasteiger partial charge >= 0.3 is 0 Å². The highest BCUT2D eigenvalue weighted by atomic mass is 16.5. The highest BCUT2D eigenvalue weighted by Crippen LogP contribution is 2.44. The van der Waals surface area contributed by atoms with Gasteiger partial charge in [0.15, 0.2) is 11.5 Å². The van der Waals surface area contributed by atoms with Crippen LogP contribution in [0, 0.1) is 0 Å². The van der Waals surface area contributed by atoms with E-state index >= 15 is 0 Å². The first-order valence-electron chi connectivity index (χ1n) is 6.52. The Bertz CT molecular complexity index is 636. The van der Waals surface area contributed by atoms with Gasteiger partial charge in [-0.1, -0.05) is 42.5 Å². The zero-order valence-corrected chi connectivity index (χ0v) is 12.4. The van der Waals surface area contributed by atoms with Gasteiger partial charge in [-0.15, -0.1) is 0 Å². The molecule has 2 rings (SSSR count). The molecule has 0 aliphatic carbocycles. The summed E-state index contributed by atoms with van der Waals surface area (Å²) < 4.78 is 16.0. The molecule has 110 valence electrons. The Balaban J connectivity index is 2.47. The van der Waals surface area contributed by atoms with Gasteiger partial charge in [0.25, 0.3) is 0 Å². The van der Waals surface area contributed by atoms with Crippen molar-refractivity contribution in [2.45, 2.75) is 0 Å². The first-order valence-corrected chi connectivity index (χ1v) is 6.52. The molecule has 0 aromatic heterocycles. The van der Waals surface area contributed by atoms with E-state index in [0.717, 1.165) is 11.1 Å². The lowest BCUT2D eigenvalue weighted by molar-refractivity contribution is 0.325. The van der Waals surface area contributed by atoms with Crippen LogP contribution in [0.25, 0.3) is 12.2 Å². The molecule has 4 heteroatoms. The Labute approximate surface area is 124 Å². The molecule has 2 aromatic rings. The highest BCUT2D eigenvalue weighted by Gasteiger charge is 2.17. The lowest BCUT2D eigenvalue weighted by Gasteiger charge is -2.15. The van der Waals surface area contributed by atoms with Crippen LogP contribution < -0.4 is 19.9 Å². The summed E-state index contributed by atoms with van der Waals surface area (Å²) in [6.07, 6.45) is 3.91. The molecule has 0 amide bonds. The van der Waals surface area contributed by atoms with Crippen LogP contribution in [0.15, 0.2) is 36.4 Å². The second kappa shape index (κ2) is 6.70. The summed E-state index contributed by atoms with van der Waals surface area (Å²) in [5, 5.41) is 0. The summed E-state index contributed by atoms with van der Waals surface area (Å²) in [7, 11) is 4.69. The summed E-state index contributed by atoms with van der Waals surface area (Å²) in [4.78, 5) is 0. The van der Waals surface area contributed by atoms with Gasteiger partial charge in [0.05, 0.1) is 27.0 Å². The van der Waals surface area contributed by atoms with Crippen molar-refractivity contribution in [3.8, 4) is 17.2 Å². The molecule has 0 unspecified atom stereocenters. The molecular weight excluding hydrogens is 266 g/mol. The van der Waals surface area contributed by atoms with Gasteiger partial charge in [-0.3, -0.25) is 0 Å². The molecule has 0 aliphatic heterocycles. The van der Waals surface area contributed by atoms with E-state index in [0.29, 0.717) is 22.9 Å². The summed E-state index contributed by atoms with van der Waals surface area (Å²) >= 11 is 0. The molecule has 0 saturated carbocycles. The lowest BCUT2D eigenvalue weighted by atomic mass is 10.1. The van der Waals surface area contributed by atoms with Gasteiger partial charge in [-0.05, 0) is 11.6 Å². The van der Waals surface area contributed by atoms with Crippen LogP contribution in [0.1, 0.15) is 11.1 Å². The zero-order valence-electron chi connectivity index (χ0n) is 12.4. The molecule has 0 saturated heterocycles. The van der Waals surface area contributed by atoms with E-state index in [9.17, 15) is 0 Å². The van der Waals surface area contributed by atoms with Crippen LogP contribution in [-0.4, -0.2) is 21.3 Å². The Morgan fingerprint density at radius 3 is 2.10 bits per heavy atom. The first-order chi connectivity index (χ1) is 10.2. The molecule has 2 N–H and O–H groups in total. The molecule has 0 spiro atoms. The minimum Gasteiger partial charge on any atom is -0.493 e. The van der Waals surface area contributed by atoms with E-state index in [-0.39, 0.29) is 0 Å². The first kappa shape index (κ1) is 14.8. The summed E-state index contributed by atoms with van der Waals surface area (Å²) in [6.45, 7) is 0. The third kappa shape index (κ3) is 3.11. The van der Waals surface area contributed by atoms with Crippen molar-refractivity contribution >= 4 is 17.8 Å². The highest BCUT2D eigenvalue weighted by molar-refractivity contribution is 5.82. The van der Waals surface area contributed by atoms with Gasteiger partial charge < -0.3 is 19.9 Å². The van der Waals surface area contributed by atoms with Crippen molar-refractivity contribution in [3.63, 3.8) is 0 Å². The number of methoxy groups -OCH3 is 3. The van der Waals surface area contributed by atoms with Crippen molar-refractivity contribution in [1.29, 1.82) is 0 Å². The number of hydrogen-bond acceptors (Lipinski definition) is 4. The van der Waals surface area contributed by atoms with Gasteiger partial charge in [0, 0.05) is 5.56 Å². The van der Waals surface area contributed by atoms with Crippen molar-refractivity contribution < 1.29 is 14.2 Å². The maximum Gasteiger partial charge on any atom is 0.205 e. The topological polar surface area (TPSA) is 53.7 Å². The number of anilines is 1. The molecular formula is C17H19NO3. The third-order valence-electron chi connectivity index (χ3n) is 3.16. The van der Waals surface area contributed by atoms with Gasteiger partial charge in [0.2, 0.25) is 5.75 Å². The van der Waals surface area contributed by atoms with Crippen LogP contribution in [-0.2, 0) is 0 Å². The van der Waals surface area contributed by atoms with Gasteiger partial charge in [-0.2, -0.15) is 0 Å². The van der Waals surface area contributed by atoms with E-state index in [1.807, 2.05) is 48.6 Å². The van der Waals surface area contributed by atoms with Crippen LogP contribution in [0.4, 0.5) is 5.69 Å². The number of nitrogens with two attached hydrogens (primary N) is 1. The molecule has 0 atom stereocenters. The minimum atomic E-state index is 0.476. The monoisotopic (exact) mass is 285 g/mol. The summed E-state index contributed by atoms with van der Waals surface area (Å²) in [5.41, 5.74) is 8.56.